The van der Waals surface area contributed by atoms with Gasteiger partial charge in [0, 0.05) is 25.4 Å². The highest BCUT2D eigenvalue weighted by Crippen LogP contribution is 2.38. The van der Waals surface area contributed by atoms with E-state index in [2.05, 4.69) is 34.5 Å². The molecule has 2 aliphatic heterocycles. The fourth-order valence-corrected chi connectivity index (χ4v) is 4.29. The average Bonchev–Trinajstić information content (AvgIpc) is 2.99. The number of hydrogen-bond donors (Lipinski definition) is 2. The zero-order chi connectivity index (χ0) is 13.3. The summed E-state index contributed by atoms with van der Waals surface area (Å²) in [6.45, 7) is 2.90. The Morgan fingerprint density at radius 2 is 2.26 bits per heavy atom. The Bertz CT molecular complexity index is 468. The summed E-state index contributed by atoms with van der Waals surface area (Å²) in [5.41, 5.74) is 1.32. The number of carboxylic acid groups (broad SMARTS) is 1. The van der Waals surface area contributed by atoms with E-state index in [1.54, 1.807) is 11.8 Å². The molecule has 3 rings (SSSR count). The minimum absolute atomic E-state index is 0.0438. The lowest BCUT2D eigenvalue weighted by Crippen LogP contribution is -2.46. The van der Waals surface area contributed by atoms with Crippen LogP contribution in [0, 0.1) is 0 Å². The van der Waals surface area contributed by atoms with Gasteiger partial charge in [-0.2, -0.15) is 0 Å². The van der Waals surface area contributed by atoms with Crippen molar-refractivity contribution >= 4 is 17.7 Å². The third-order valence-corrected chi connectivity index (χ3v) is 5.33. The normalized spacial score (nSPS) is 31.1. The molecule has 2 N–H and O–H groups in total. The lowest BCUT2D eigenvalue weighted by atomic mass is 10.2. The summed E-state index contributed by atoms with van der Waals surface area (Å²) in [5.74, 6) is -0.0556. The van der Waals surface area contributed by atoms with Crippen molar-refractivity contribution < 1.29 is 9.90 Å². The Morgan fingerprint density at radius 3 is 2.95 bits per heavy atom. The maximum atomic E-state index is 11.0. The topological polar surface area (TPSA) is 52.6 Å². The van der Waals surface area contributed by atoms with Crippen molar-refractivity contribution in [3.63, 3.8) is 0 Å². The molecule has 2 fully saturated rings. The Morgan fingerprint density at radius 1 is 1.47 bits per heavy atom. The Labute approximate surface area is 117 Å². The number of thioether (sulfide) groups is 1. The van der Waals surface area contributed by atoms with Gasteiger partial charge in [-0.1, -0.05) is 30.3 Å². The van der Waals surface area contributed by atoms with Crippen molar-refractivity contribution in [2.45, 2.75) is 23.9 Å². The molecular formula is C14H18N2O2S. The molecule has 2 aliphatic rings. The predicted octanol–water partition coefficient (Wildman–Crippen LogP) is 1.38. The number of aliphatic carboxylic acids is 1. The lowest BCUT2D eigenvalue weighted by Gasteiger charge is -2.24. The molecule has 1 unspecified atom stereocenters. The largest absolute Gasteiger partial charge is 0.480 e. The highest BCUT2D eigenvalue weighted by Gasteiger charge is 2.46. The molecule has 5 heteroatoms. The summed E-state index contributed by atoms with van der Waals surface area (Å²) in [5, 5.41) is 12.4. The maximum Gasteiger partial charge on any atom is 0.321 e. The summed E-state index contributed by atoms with van der Waals surface area (Å²) < 4.78 is 0. The molecule has 19 heavy (non-hydrogen) atoms. The minimum atomic E-state index is -0.731. The van der Waals surface area contributed by atoms with Gasteiger partial charge in [-0.05, 0) is 12.0 Å². The van der Waals surface area contributed by atoms with Crippen LogP contribution in [-0.4, -0.2) is 45.7 Å². The van der Waals surface area contributed by atoms with E-state index in [1.165, 1.54) is 5.56 Å². The number of rotatable bonds is 3. The van der Waals surface area contributed by atoms with E-state index in [4.69, 9.17) is 5.11 Å². The molecule has 2 atom stereocenters. The number of carbonyl (C=O) groups is 1. The first-order chi connectivity index (χ1) is 9.17. The predicted molar refractivity (Wildman–Crippen MR) is 76.1 cm³/mol. The molecule has 0 aromatic heterocycles. The second-order valence-corrected chi connectivity index (χ2v) is 6.69. The van der Waals surface area contributed by atoms with E-state index in [1.807, 2.05) is 6.07 Å². The number of nitrogens with one attached hydrogen (secondary N) is 1. The smallest absolute Gasteiger partial charge is 0.321 e. The third-order valence-electron chi connectivity index (χ3n) is 3.82. The molecule has 0 radical (unpaired) electrons. The van der Waals surface area contributed by atoms with E-state index in [-0.39, 0.29) is 10.9 Å². The van der Waals surface area contributed by atoms with Gasteiger partial charge in [0.05, 0.1) is 4.87 Å². The highest BCUT2D eigenvalue weighted by molar-refractivity contribution is 8.01. The first-order valence-electron chi connectivity index (χ1n) is 6.58. The van der Waals surface area contributed by atoms with Gasteiger partial charge in [0.1, 0.15) is 6.04 Å². The first kappa shape index (κ1) is 13.0. The summed E-state index contributed by atoms with van der Waals surface area (Å²) in [7, 11) is 0. The van der Waals surface area contributed by atoms with Crippen LogP contribution in [0.15, 0.2) is 30.3 Å². The molecule has 1 spiro atoms. The van der Waals surface area contributed by atoms with Crippen LogP contribution < -0.4 is 5.32 Å². The summed E-state index contributed by atoms with van der Waals surface area (Å²) >= 11 is 1.77. The minimum Gasteiger partial charge on any atom is -0.480 e. The van der Waals surface area contributed by atoms with E-state index in [9.17, 15) is 4.79 Å². The van der Waals surface area contributed by atoms with E-state index in [0.29, 0.717) is 5.75 Å². The Kier molecular flexibility index (Phi) is 3.52. The second kappa shape index (κ2) is 5.15. The van der Waals surface area contributed by atoms with Crippen LogP contribution in [0.25, 0.3) is 0 Å². The lowest BCUT2D eigenvalue weighted by molar-refractivity contribution is -0.138. The fraction of sp³-hybridized carbons (Fsp3) is 0.500. The van der Waals surface area contributed by atoms with Gasteiger partial charge in [-0.15, -0.1) is 11.8 Å². The quantitative estimate of drug-likeness (QED) is 0.875. The average molecular weight is 278 g/mol. The number of hydrogen-bond acceptors (Lipinski definition) is 4. The molecule has 1 aromatic rings. The zero-order valence-electron chi connectivity index (χ0n) is 10.7. The van der Waals surface area contributed by atoms with Crippen molar-refractivity contribution in [2.24, 2.45) is 0 Å². The summed E-state index contributed by atoms with van der Waals surface area (Å²) in [4.78, 5) is 13.4. The number of carboxylic acids is 1. The maximum absolute atomic E-state index is 11.0. The van der Waals surface area contributed by atoms with Crippen molar-refractivity contribution in [1.82, 2.24) is 10.2 Å². The zero-order valence-corrected chi connectivity index (χ0v) is 11.5. The van der Waals surface area contributed by atoms with Gasteiger partial charge in [0.25, 0.3) is 0 Å². The Balaban J connectivity index is 1.60. The molecular weight excluding hydrogens is 260 g/mol. The van der Waals surface area contributed by atoms with Crippen LogP contribution in [0.3, 0.4) is 0 Å². The first-order valence-corrected chi connectivity index (χ1v) is 7.56. The third kappa shape index (κ3) is 2.78. The van der Waals surface area contributed by atoms with Crippen molar-refractivity contribution in [2.75, 3.05) is 18.8 Å². The molecule has 0 saturated carbocycles. The van der Waals surface area contributed by atoms with Crippen molar-refractivity contribution in [1.29, 1.82) is 0 Å². The van der Waals surface area contributed by atoms with Crippen LogP contribution in [0.5, 0.6) is 0 Å². The monoisotopic (exact) mass is 278 g/mol. The van der Waals surface area contributed by atoms with E-state index in [0.717, 1.165) is 26.1 Å². The molecule has 0 bridgehead atoms. The molecule has 1 aromatic carbocycles. The van der Waals surface area contributed by atoms with Gasteiger partial charge in [-0.3, -0.25) is 15.0 Å². The molecule has 4 nitrogen and oxygen atoms in total. The van der Waals surface area contributed by atoms with Crippen LogP contribution in [0.4, 0.5) is 0 Å². The van der Waals surface area contributed by atoms with Crippen LogP contribution >= 0.6 is 11.8 Å². The SMILES string of the molecule is O=C(O)[C@@H]1CSC2(CCN(Cc3ccccc3)C2)N1. The van der Waals surface area contributed by atoms with Crippen LogP contribution in [0.1, 0.15) is 12.0 Å². The standard InChI is InChI=1S/C14H18N2O2S/c17-13(18)12-9-19-14(15-12)6-7-16(10-14)8-11-4-2-1-3-5-11/h1-5,12,15H,6-10H2,(H,17,18)/t12-,14?/m0/s1. The van der Waals surface area contributed by atoms with Gasteiger partial charge < -0.3 is 5.11 Å². The fourth-order valence-electron chi connectivity index (χ4n) is 2.85. The number of nitrogens with zero attached hydrogens (tertiary/aromatic N) is 1. The van der Waals surface area contributed by atoms with Gasteiger partial charge in [-0.25, -0.2) is 0 Å². The number of likely N-dealkylation sites (tertiary alicyclic amines) is 1. The van der Waals surface area contributed by atoms with Crippen molar-refractivity contribution in [3.8, 4) is 0 Å². The highest BCUT2D eigenvalue weighted by atomic mass is 32.2. The molecule has 0 aliphatic carbocycles. The Hall–Kier alpha value is -1.04. The summed E-state index contributed by atoms with van der Waals surface area (Å²) in [6.07, 6.45) is 1.02. The van der Waals surface area contributed by atoms with Crippen molar-refractivity contribution in [3.05, 3.63) is 35.9 Å². The van der Waals surface area contributed by atoms with E-state index < -0.39 is 5.97 Å². The van der Waals surface area contributed by atoms with E-state index >= 15 is 0 Å². The summed E-state index contributed by atoms with van der Waals surface area (Å²) in [6, 6.07) is 10.0. The molecule has 2 heterocycles. The van der Waals surface area contributed by atoms with Crippen LogP contribution in [-0.2, 0) is 11.3 Å². The van der Waals surface area contributed by atoms with Crippen LogP contribution in [0.2, 0.25) is 0 Å². The second-order valence-electron chi connectivity index (χ2n) is 5.29. The molecule has 0 amide bonds. The van der Waals surface area contributed by atoms with Gasteiger partial charge in [0.2, 0.25) is 0 Å². The number of benzene rings is 1. The van der Waals surface area contributed by atoms with Gasteiger partial charge >= 0.3 is 5.97 Å². The molecule has 102 valence electrons. The molecule has 2 saturated heterocycles. The van der Waals surface area contributed by atoms with Gasteiger partial charge in [0.15, 0.2) is 0 Å².